The topological polar surface area (TPSA) is 3.24 Å². The van der Waals surface area contributed by atoms with E-state index in [0.717, 1.165) is 18.4 Å². The molecule has 0 aromatic carbocycles. The molecular formula is C13H22ClN. The van der Waals surface area contributed by atoms with Crippen LogP contribution in [0.2, 0.25) is 0 Å². The van der Waals surface area contributed by atoms with Crippen LogP contribution in [0.4, 0.5) is 0 Å². The van der Waals surface area contributed by atoms with Gasteiger partial charge in [-0.3, -0.25) is 4.90 Å². The SMILES string of the molecule is ClCC=CCN1CCC2CCCCC2C1. The van der Waals surface area contributed by atoms with E-state index >= 15 is 0 Å². The lowest BCUT2D eigenvalue weighted by atomic mass is 9.75. The Balaban J connectivity index is 1.78. The molecular weight excluding hydrogens is 206 g/mol. The van der Waals surface area contributed by atoms with Gasteiger partial charge in [-0.15, -0.1) is 11.6 Å². The van der Waals surface area contributed by atoms with E-state index in [2.05, 4.69) is 17.1 Å². The van der Waals surface area contributed by atoms with Crippen LogP contribution in [-0.4, -0.2) is 30.4 Å². The van der Waals surface area contributed by atoms with Crippen LogP contribution in [0.5, 0.6) is 0 Å². The van der Waals surface area contributed by atoms with Crippen molar-refractivity contribution in [3.8, 4) is 0 Å². The van der Waals surface area contributed by atoms with Crippen molar-refractivity contribution in [1.82, 2.24) is 4.90 Å². The molecule has 2 unspecified atom stereocenters. The first-order valence-corrected chi connectivity index (χ1v) is 6.87. The van der Waals surface area contributed by atoms with Gasteiger partial charge in [0.25, 0.3) is 0 Å². The molecule has 1 aliphatic carbocycles. The molecule has 15 heavy (non-hydrogen) atoms. The summed E-state index contributed by atoms with van der Waals surface area (Å²) in [5.74, 6) is 2.70. The predicted molar refractivity (Wildman–Crippen MR) is 66.4 cm³/mol. The molecule has 0 aromatic rings. The summed E-state index contributed by atoms with van der Waals surface area (Å²) in [5.41, 5.74) is 0. The Morgan fingerprint density at radius 3 is 2.67 bits per heavy atom. The third-order valence-corrected chi connectivity index (χ3v) is 4.17. The van der Waals surface area contributed by atoms with Crippen molar-refractivity contribution in [2.45, 2.75) is 32.1 Å². The summed E-state index contributed by atoms with van der Waals surface area (Å²) < 4.78 is 0. The lowest BCUT2D eigenvalue weighted by Gasteiger charge is -2.41. The molecule has 86 valence electrons. The highest BCUT2D eigenvalue weighted by Crippen LogP contribution is 2.35. The number of rotatable bonds is 3. The number of hydrogen-bond acceptors (Lipinski definition) is 1. The number of piperidine rings is 1. The van der Waals surface area contributed by atoms with E-state index in [-0.39, 0.29) is 0 Å². The van der Waals surface area contributed by atoms with Crippen molar-refractivity contribution in [1.29, 1.82) is 0 Å². The van der Waals surface area contributed by atoms with Gasteiger partial charge in [0.1, 0.15) is 0 Å². The molecule has 1 heterocycles. The van der Waals surface area contributed by atoms with Crippen LogP contribution in [0.15, 0.2) is 12.2 Å². The van der Waals surface area contributed by atoms with Crippen LogP contribution in [0, 0.1) is 11.8 Å². The van der Waals surface area contributed by atoms with Gasteiger partial charge in [0.15, 0.2) is 0 Å². The van der Waals surface area contributed by atoms with Gasteiger partial charge in [-0.05, 0) is 31.2 Å². The van der Waals surface area contributed by atoms with Crippen LogP contribution in [0.1, 0.15) is 32.1 Å². The minimum absolute atomic E-state index is 0.653. The van der Waals surface area contributed by atoms with Gasteiger partial charge in [0, 0.05) is 19.0 Å². The van der Waals surface area contributed by atoms with Crippen LogP contribution < -0.4 is 0 Å². The largest absolute Gasteiger partial charge is 0.299 e. The molecule has 1 aliphatic heterocycles. The van der Waals surface area contributed by atoms with Gasteiger partial charge < -0.3 is 0 Å². The van der Waals surface area contributed by atoms with Crippen LogP contribution in [0.25, 0.3) is 0 Å². The first kappa shape index (κ1) is 11.5. The molecule has 1 saturated heterocycles. The molecule has 0 aromatic heterocycles. The minimum Gasteiger partial charge on any atom is -0.299 e. The Morgan fingerprint density at radius 2 is 1.87 bits per heavy atom. The fraction of sp³-hybridized carbons (Fsp3) is 0.846. The summed E-state index contributed by atoms with van der Waals surface area (Å²) in [7, 11) is 0. The van der Waals surface area contributed by atoms with Crippen molar-refractivity contribution in [3.05, 3.63) is 12.2 Å². The molecule has 0 N–H and O–H groups in total. The average molecular weight is 228 g/mol. The van der Waals surface area contributed by atoms with Crippen molar-refractivity contribution in [2.24, 2.45) is 11.8 Å². The molecule has 2 heteroatoms. The monoisotopic (exact) mass is 227 g/mol. The third-order valence-electron chi connectivity index (χ3n) is 3.99. The van der Waals surface area contributed by atoms with E-state index in [4.69, 9.17) is 11.6 Å². The first-order valence-electron chi connectivity index (χ1n) is 6.33. The van der Waals surface area contributed by atoms with Crippen molar-refractivity contribution < 1.29 is 0 Å². The van der Waals surface area contributed by atoms with Gasteiger partial charge in [0.05, 0.1) is 0 Å². The molecule has 1 nitrogen and oxygen atoms in total. The van der Waals surface area contributed by atoms with Crippen molar-refractivity contribution in [2.75, 3.05) is 25.5 Å². The lowest BCUT2D eigenvalue weighted by Crippen LogP contribution is -2.41. The zero-order valence-corrected chi connectivity index (χ0v) is 10.3. The van der Waals surface area contributed by atoms with Crippen molar-refractivity contribution in [3.63, 3.8) is 0 Å². The molecule has 0 spiro atoms. The third kappa shape index (κ3) is 3.22. The van der Waals surface area contributed by atoms with Crippen molar-refractivity contribution >= 4 is 11.6 Å². The summed E-state index contributed by atoms with van der Waals surface area (Å²) in [4.78, 5) is 2.59. The number of hydrogen-bond donors (Lipinski definition) is 0. The Morgan fingerprint density at radius 1 is 1.07 bits per heavy atom. The molecule has 0 amide bonds. The predicted octanol–water partition coefficient (Wildman–Crippen LogP) is 3.29. The molecule has 0 radical (unpaired) electrons. The normalized spacial score (nSPS) is 33.1. The van der Waals surface area contributed by atoms with Crippen LogP contribution >= 0.6 is 11.6 Å². The molecule has 0 bridgehead atoms. The molecule has 1 saturated carbocycles. The standard InChI is InChI=1S/C13H22ClN/c14-8-3-4-9-15-10-7-12-5-1-2-6-13(12)11-15/h3-4,12-13H,1-2,5-11H2. The van der Waals surface area contributed by atoms with Gasteiger partial charge in [-0.1, -0.05) is 31.4 Å². The summed E-state index contributed by atoms with van der Waals surface area (Å²) in [6.07, 6.45) is 11.6. The highest BCUT2D eigenvalue weighted by molar-refractivity contribution is 6.18. The Hall–Kier alpha value is -0.0100. The second-order valence-corrected chi connectivity index (χ2v) is 5.29. The number of fused-ring (bicyclic) bond motifs is 1. The number of likely N-dealkylation sites (tertiary alicyclic amines) is 1. The summed E-state index contributed by atoms with van der Waals surface area (Å²) in [6.45, 7) is 3.74. The zero-order chi connectivity index (χ0) is 10.5. The Labute approximate surface area is 98.5 Å². The fourth-order valence-corrected chi connectivity index (χ4v) is 3.25. The number of alkyl halides is 1. The zero-order valence-electron chi connectivity index (χ0n) is 9.50. The average Bonchev–Trinajstić information content (AvgIpc) is 2.29. The van der Waals surface area contributed by atoms with E-state index < -0.39 is 0 Å². The highest BCUT2D eigenvalue weighted by Gasteiger charge is 2.30. The molecule has 2 atom stereocenters. The second kappa shape index (κ2) is 5.91. The van der Waals surface area contributed by atoms with Gasteiger partial charge >= 0.3 is 0 Å². The van der Waals surface area contributed by atoms with E-state index in [1.54, 1.807) is 0 Å². The maximum absolute atomic E-state index is 5.62. The molecule has 2 aliphatic rings. The molecule has 2 rings (SSSR count). The quantitative estimate of drug-likeness (QED) is 0.528. The number of halogens is 1. The van der Waals surface area contributed by atoms with E-state index in [1.807, 2.05) is 0 Å². The fourth-order valence-electron chi connectivity index (χ4n) is 3.13. The maximum atomic E-state index is 5.62. The smallest absolute Gasteiger partial charge is 0.0404 e. The lowest BCUT2D eigenvalue weighted by molar-refractivity contribution is 0.0951. The van der Waals surface area contributed by atoms with Crippen LogP contribution in [0.3, 0.4) is 0 Å². The first-order chi connectivity index (χ1) is 7.40. The highest BCUT2D eigenvalue weighted by atomic mass is 35.5. The summed E-state index contributed by atoms with van der Waals surface area (Å²) in [5, 5.41) is 0. The van der Waals surface area contributed by atoms with E-state index in [9.17, 15) is 0 Å². The molecule has 2 fully saturated rings. The maximum Gasteiger partial charge on any atom is 0.0404 e. The van der Waals surface area contributed by atoms with Gasteiger partial charge in [0.2, 0.25) is 0 Å². The van der Waals surface area contributed by atoms with Gasteiger partial charge in [-0.2, -0.15) is 0 Å². The number of nitrogens with zero attached hydrogens (tertiary/aromatic N) is 1. The van der Waals surface area contributed by atoms with Crippen LogP contribution in [-0.2, 0) is 0 Å². The van der Waals surface area contributed by atoms with E-state index in [1.165, 1.54) is 45.2 Å². The Kier molecular flexibility index (Phi) is 4.52. The summed E-state index contributed by atoms with van der Waals surface area (Å²) in [6, 6.07) is 0. The second-order valence-electron chi connectivity index (χ2n) is 4.98. The van der Waals surface area contributed by atoms with E-state index in [0.29, 0.717) is 5.88 Å². The van der Waals surface area contributed by atoms with Gasteiger partial charge in [-0.25, -0.2) is 0 Å². The minimum atomic E-state index is 0.653. The number of allylic oxidation sites excluding steroid dienone is 1. The Bertz CT molecular complexity index is 215. The summed E-state index contributed by atoms with van der Waals surface area (Å²) >= 11 is 5.62.